The molecular weight excluding hydrogens is 370 g/mol. The molecule has 2 heterocycles. The van der Waals surface area contributed by atoms with E-state index in [2.05, 4.69) is 15.2 Å². The van der Waals surface area contributed by atoms with Gasteiger partial charge in [-0.3, -0.25) is 9.69 Å². The Bertz CT molecular complexity index is 845. The third-order valence-corrected chi connectivity index (χ3v) is 5.37. The number of carbonyl (C=O) groups excluding carboxylic acids is 2. The molecule has 1 aromatic carbocycles. The van der Waals surface area contributed by atoms with Crippen LogP contribution in [-0.4, -0.2) is 74.2 Å². The van der Waals surface area contributed by atoms with E-state index in [0.29, 0.717) is 28.1 Å². The first-order valence-corrected chi connectivity index (χ1v) is 9.68. The Morgan fingerprint density at radius 3 is 2.44 bits per heavy atom. The van der Waals surface area contributed by atoms with Gasteiger partial charge in [0, 0.05) is 36.0 Å². The first-order chi connectivity index (χ1) is 13.1. The third kappa shape index (κ3) is 4.14. The van der Waals surface area contributed by atoms with E-state index in [0.717, 1.165) is 24.6 Å². The van der Waals surface area contributed by atoms with E-state index >= 15 is 0 Å². The fraction of sp³-hybridized carbons (Fsp3) is 0.444. The third-order valence-electron chi connectivity index (χ3n) is 4.43. The SMILES string of the molecule is COC(=O)c1[nH]c2cc(OC)c(OC)cc2c1NC(=O)CN1CCSCC1. The molecule has 1 aliphatic rings. The van der Waals surface area contributed by atoms with E-state index < -0.39 is 5.97 Å². The Morgan fingerprint density at radius 1 is 1.15 bits per heavy atom. The van der Waals surface area contributed by atoms with Gasteiger partial charge >= 0.3 is 5.97 Å². The van der Waals surface area contributed by atoms with Crippen molar-refractivity contribution in [3.63, 3.8) is 0 Å². The van der Waals surface area contributed by atoms with E-state index in [-0.39, 0.29) is 18.1 Å². The van der Waals surface area contributed by atoms with Crippen LogP contribution >= 0.6 is 11.8 Å². The van der Waals surface area contributed by atoms with Gasteiger partial charge in [-0.05, 0) is 6.07 Å². The molecule has 3 rings (SSSR count). The highest BCUT2D eigenvalue weighted by molar-refractivity contribution is 7.99. The highest BCUT2D eigenvalue weighted by Crippen LogP contribution is 2.37. The largest absolute Gasteiger partial charge is 0.493 e. The number of thioether (sulfide) groups is 1. The Balaban J connectivity index is 1.95. The van der Waals surface area contributed by atoms with Crippen LogP contribution in [-0.2, 0) is 9.53 Å². The number of carbonyl (C=O) groups is 2. The molecule has 8 nitrogen and oxygen atoms in total. The molecule has 9 heteroatoms. The molecule has 0 bridgehead atoms. The number of esters is 1. The minimum atomic E-state index is -0.561. The fourth-order valence-corrected chi connectivity index (χ4v) is 4.03. The number of rotatable bonds is 6. The summed E-state index contributed by atoms with van der Waals surface area (Å²) in [5, 5.41) is 3.52. The Kier molecular flexibility index (Phi) is 6.12. The predicted molar refractivity (Wildman–Crippen MR) is 105 cm³/mol. The second-order valence-corrected chi connectivity index (χ2v) is 7.28. The van der Waals surface area contributed by atoms with Gasteiger partial charge in [-0.15, -0.1) is 0 Å². The lowest BCUT2D eigenvalue weighted by molar-refractivity contribution is -0.117. The Hall–Kier alpha value is -2.39. The topological polar surface area (TPSA) is 92.9 Å². The van der Waals surface area contributed by atoms with Crippen LogP contribution in [0, 0.1) is 0 Å². The maximum Gasteiger partial charge on any atom is 0.356 e. The Morgan fingerprint density at radius 2 is 1.81 bits per heavy atom. The summed E-state index contributed by atoms with van der Waals surface area (Å²) in [6.45, 7) is 2.03. The molecule has 27 heavy (non-hydrogen) atoms. The molecule has 0 aliphatic carbocycles. The molecule has 1 amide bonds. The van der Waals surface area contributed by atoms with Crippen molar-refractivity contribution >= 4 is 40.2 Å². The number of benzene rings is 1. The van der Waals surface area contributed by atoms with Crippen molar-refractivity contribution < 1.29 is 23.8 Å². The molecule has 146 valence electrons. The molecule has 0 radical (unpaired) electrons. The van der Waals surface area contributed by atoms with Gasteiger partial charge in [-0.2, -0.15) is 11.8 Å². The monoisotopic (exact) mass is 393 g/mol. The predicted octanol–water partition coefficient (Wildman–Crippen LogP) is 1.96. The molecule has 1 aromatic heterocycles. The first kappa shape index (κ1) is 19.4. The minimum absolute atomic E-state index is 0.178. The molecule has 0 saturated carbocycles. The van der Waals surface area contributed by atoms with Crippen LogP contribution in [0.3, 0.4) is 0 Å². The standard InChI is InChI=1S/C18H23N3O5S/c1-24-13-8-11-12(9-14(13)25-2)19-17(18(23)26-3)16(11)20-15(22)10-21-4-6-27-7-5-21/h8-9,19H,4-7,10H2,1-3H3,(H,20,22). The maximum atomic E-state index is 12.6. The molecule has 1 fully saturated rings. The van der Waals surface area contributed by atoms with Crippen molar-refractivity contribution in [2.24, 2.45) is 0 Å². The van der Waals surface area contributed by atoms with Crippen LogP contribution < -0.4 is 14.8 Å². The molecule has 2 N–H and O–H groups in total. The van der Waals surface area contributed by atoms with Crippen LogP contribution in [0.2, 0.25) is 0 Å². The molecule has 0 spiro atoms. The Labute approximate surface area is 161 Å². The molecular formula is C18H23N3O5S. The summed E-state index contributed by atoms with van der Waals surface area (Å²) >= 11 is 1.88. The molecule has 2 aromatic rings. The number of methoxy groups -OCH3 is 3. The van der Waals surface area contributed by atoms with E-state index in [1.54, 1.807) is 12.1 Å². The van der Waals surface area contributed by atoms with Crippen molar-refractivity contribution in [1.82, 2.24) is 9.88 Å². The number of aromatic nitrogens is 1. The smallest absolute Gasteiger partial charge is 0.356 e. The number of hydrogen-bond donors (Lipinski definition) is 2. The number of nitrogens with zero attached hydrogens (tertiary/aromatic N) is 1. The highest BCUT2D eigenvalue weighted by Gasteiger charge is 2.23. The van der Waals surface area contributed by atoms with Crippen LogP contribution in [0.5, 0.6) is 11.5 Å². The second-order valence-electron chi connectivity index (χ2n) is 6.06. The zero-order valence-corrected chi connectivity index (χ0v) is 16.4. The maximum absolute atomic E-state index is 12.6. The quantitative estimate of drug-likeness (QED) is 0.725. The van der Waals surface area contributed by atoms with E-state index in [1.807, 2.05) is 11.8 Å². The molecule has 0 unspecified atom stereocenters. The van der Waals surface area contributed by atoms with E-state index in [9.17, 15) is 9.59 Å². The van der Waals surface area contributed by atoms with Crippen molar-refractivity contribution in [2.75, 3.05) is 57.8 Å². The minimum Gasteiger partial charge on any atom is -0.493 e. The van der Waals surface area contributed by atoms with Gasteiger partial charge < -0.3 is 24.5 Å². The van der Waals surface area contributed by atoms with Crippen molar-refractivity contribution in [1.29, 1.82) is 0 Å². The van der Waals surface area contributed by atoms with Crippen molar-refractivity contribution in [3.8, 4) is 11.5 Å². The number of anilines is 1. The van der Waals surface area contributed by atoms with Crippen LogP contribution in [0.4, 0.5) is 5.69 Å². The summed E-state index contributed by atoms with van der Waals surface area (Å²) in [4.78, 5) is 29.9. The zero-order valence-electron chi connectivity index (χ0n) is 15.6. The molecule has 1 saturated heterocycles. The number of hydrogen-bond acceptors (Lipinski definition) is 7. The average Bonchev–Trinajstić information content (AvgIpc) is 3.04. The fourth-order valence-electron chi connectivity index (χ4n) is 3.05. The van der Waals surface area contributed by atoms with Crippen LogP contribution in [0.1, 0.15) is 10.5 Å². The summed E-state index contributed by atoms with van der Waals surface area (Å²) in [7, 11) is 4.36. The lowest BCUT2D eigenvalue weighted by Gasteiger charge is -2.25. The number of nitrogens with one attached hydrogen (secondary N) is 2. The summed E-state index contributed by atoms with van der Waals surface area (Å²) in [6, 6.07) is 3.45. The second kappa shape index (κ2) is 8.53. The highest BCUT2D eigenvalue weighted by atomic mass is 32.2. The number of ether oxygens (including phenoxy) is 3. The number of aromatic amines is 1. The van der Waals surface area contributed by atoms with E-state index in [4.69, 9.17) is 14.2 Å². The van der Waals surface area contributed by atoms with Gasteiger partial charge in [-0.1, -0.05) is 0 Å². The summed E-state index contributed by atoms with van der Waals surface area (Å²) in [5.41, 5.74) is 1.21. The number of H-pyrrole nitrogens is 1. The summed E-state index contributed by atoms with van der Waals surface area (Å²) in [6.07, 6.45) is 0. The van der Waals surface area contributed by atoms with Gasteiger partial charge in [0.15, 0.2) is 11.5 Å². The lowest BCUT2D eigenvalue weighted by Crippen LogP contribution is -2.38. The summed E-state index contributed by atoms with van der Waals surface area (Å²) in [5.74, 6) is 2.32. The van der Waals surface area contributed by atoms with Crippen molar-refractivity contribution in [2.45, 2.75) is 0 Å². The molecule has 0 atom stereocenters. The van der Waals surface area contributed by atoms with Gasteiger partial charge in [0.05, 0.1) is 39.1 Å². The normalized spacial score (nSPS) is 14.8. The number of fused-ring (bicyclic) bond motifs is 1. The van der Waals surface area contributed by atoms with Gasteiger partial charge in [0.2, 0.25) is 5.91 Å². The van der Waals surface area contributed by atoms with E-state index in [1.165, 1.54) is 21.3 Å². The lowest BCUT2D eigenvalue weighted by atomic mass is 10.2. The number of amides is 1. The van der Waals surface area contributed by atoms with Gasteiger partial charge in [0.25, 0.3) is 0 Å². The van der Waals surface area contributed by atoms with Crippen LogP contribution in [0.15, 0.2) is 12.1 Å². The average molecular weight is 393 g/mol. The van der Waals surface area contributed by atoms with Gasteiger partial charge in [-0.25, -0.2) is 4.79 Å². The zero-order chi connectivity index (χ0) is 19.4. The van der Waals surface area contributed by atoms with Crippen molar-refractivity contribution in [3.05, 3.63) is 17.8 Å². The summed E-state index contributed by atoms with van der Waals surface area (Å²) < 4.78 is 15.5. The first-order valence-electron chi connectivity index (χ1n) is 8.53. The van der Waals surface area contributed by atoms with Crippen LogP contribution in [0.25, 0.3) is 10.9 Å². The van der Waals surface area contributed by atoms with Gasteiger partial charge in [0.1, 0.15) is 5.69 Å². The molecule has 1 aliphatic heterocycles.